The first-order valence-corrected chi connectivity index (χ1v) is 14.8. The zero-order chi connectivity index (χ0) is 33.2. The van der Waals surface area contributed by atoms with Crippen molar-refractivity contribution in [1.29, 1.82) is 0 Å². The van der Waals surface area contributed by atoms with Crippen LogP contribution in [0.1, 0.15) is 48.5 Å². The van der Waals surface area contributed by atoms with Gasteiger partial charge in [-0.3, -0.25) is 4.79 Å². The van der Waals surface area contributed by atoms with Crippen LogP contribution < -0.4 is 16.0 Å². The Bertz CT molecular complexity index is 1940. The molecule has 2 aromatic heterocycles. The monoisotopic (exact) mass is 623 g/mol. The molecule has 3 aromatic carbocycles. The molecule has 0 radical (unpaired) electrons. The molecule has 12 heteroatoms. The van der Waals surface area contributed by atoms with Gasteiger partial charge in [0, 0.05) is 27.7 Å². The van der Waals surface area contributed by atoms with Crippen LogP contribution in [0.25, 0.3) is 33.2 Å². The number of alkyl carbamates (subject to hydrolysis) is 1. The highest BCUT2D eigenvalue weighted by Crippen LogP contribution is 2.30. The molecule has 12 nitrogen and oxygen atoms in total. The lowest BCUT2D eigenvalue weighted by molar-refractivity contribution is -0.117. The van der Waals surface area contributed by atoms with E-state index >= 15 is 0 Å². The summed E-state index contributed by atoms with van der Waals surface area (Å²) in [6.45, 7) is 12.2. The molecule has 0 aliphatic rings. The molecule has 5 aromatic rings. The Morgan fingerprint density at radius 3 is 2.30 bits per heavy atom. The van der Waals surface area contributed by atoms with Gasteiger partial charge in [0.2, 0.25) is 5.91 Å². The molecule has 1 atom stereocenters. The highest BCUT2D eigenvalue weighted by molar-refractivity contribution is 5.97. The van der Waals surface area contributed by atoms with E-state index in [1.165, 1.54) is 4.68 Å². The standard InChI is InChI=1S/C34H37N7O5/c1-20(36-31(43)45-33(2,3)4)30(42)38-23-12-10-11-21(17-23)28-39-26-14-9-8-13-25(26)29(40-28)37-24-15-16-27-22(18-24)19-35-41(27)32(44)46-34(5,6)7/h8-20H,1-7H3,(H,36,43)(H,38,42)(H,37,39,40)/t20-/m0/s1. The number of fused-ring (bicyclic) bond motifs is 2. The Labute approximate surface area is 266 Å². The largest absolute Gasteiger partial charge is 0.444 e. The average molecular weight is 624 g/mol. The lowest BCUT2D eigenvalue weighted by Crippen LogP contribution is -2.43. The van der Waals surface area contributed by atoms with E-state index in [-0.39, 0.29) is 0 Å². The molecule has 0 saturated heterocycles. The van der Waals surface area contributed by atoms with Crippen molar-refractivity contribution in [3.63, 3.8) is 0 Å². The van der Waals surface area contributed by atoms with Crippen molar-refractivity contribution in [2.75, 3.05) is 10.6 Å². The van der Waals surface area contributed by atoms with E-state index in [9.17, 15) is 14.4 Å². The van der Waals surface area contributed by atoms with Gasteiger partial charge in [0.15, 0.2) is 5.82 Å². The molecule has 3 N–H and O–H groups in total. The Morgan fingerprint density at radius 2 is 1.57 bits per heavy atom. The van der Waals surface area contributed by atoms with Gasteiger partial charge in [-0.25, -0.2) is 19.6 Å². The lowest BCUT2D eigenvalue weighted by atomic mass is 10.1. The molecule has 0 aliphatic carbocycles. The van der Waals surface area contributed by atoms with Gasteiger partial charge >= 0.3 is 12.2 Å². The van der Waals surface area contributed by atoms with E-state index in [0.717, 1.165) is 22.0 Å². The van der Waals surface area contributed by atoms with E-state index in [2.05, 4.69) is 21.0 Å². The molecule has 0 saturated carbocycles. The summed E-state index contributed by atoms with van der Waals surface area (Å²) in [5.74, 6) is 0.607. The minimum atomic E-state index is -0.834. The van der Waals surface area contributed by atoms with Crippen molar-refractivity contribution in [1.82, 2.24) is 25.1 Å². The Kier molecular flexibility index (Phi) is 8.64. The third-order valence-corrected chi connectivity index (χ3v) is 6.52. The number of anilines is 3. The minimum absolute atomic E-state index is 0.407. The van der Waals surface area contributed by atoms with E-state index in [1.54, 1.807) is 78.9 Å². The van der Waals surface area contributed by atoms with Crippen LogP contribution in [0.5, 0.6) is 0 Å². The maximum absolute atomic E-state index is 12.8. The zero-order valence-electron chi connectivity index (χ0n) is 26.8. The van der Waals surface area contributed by atoms with Crippen LogP contribution in [0.3, 0.4) is 0 Å². The Balaban J connectivity index is 1.39. The van der Waals surface area contributed by atoms with Crippen LogP contribution in [0.15, 0.2) is 72.9 Å². The number of ether oxygens (including phenoxy) is 2. The number of hydrogen-bond acceptors (Lipinski definition) is 9. The van der Waals surface area contributed by atoms with Gasteiger partial charge in [0.1, 0.15) is 23.1 Å². The van der Waals surface area contributed by atoms with Crippen LogP contribution in [-0.2, 0) is 14.3 Å². The number of rotatable bonds is 6. The van der Waals surface area contributed by atoms with E-state index < -0.39 is 35.3 Å². The molecule has 0 bridgehead atoms. The van der Waals surface area contributed by atoms with Crippen LogP contribution in [0, 0.1) is 0 Å². The zero-order valence-corrected chi connectivity index (χ0v) is 26.8. The molecule has 0 unspecified atom stereocenters. The number of para-hydroxylation sites is 1. The smallest absolute Gasteiger partial charge is 0.435 e. The van der Waals surface area contributed by atoms with Gasteiger partial charge in [0.05, 0.1) is 17.2 Å². The summed E-state index contributed by atoms with van der Waals surface area (Å²) in [7, 11) is 0. The highest BCUT2D eigenvalue weighted by Gasteiger charge is 2.22. The maximum Gasteiger partial charge on any atom is 0.435 e. The van der Waals surface area contributed by atoms with Crippen LogP contribution in [0.2, 0.25) is 0 Å². The van der Waals surface area contributed by atoms with E-state index in [4.69, 9.17) is 19.4 Å². The first-order chi connectivity index (χ1) is 21.6. The molecule has 46 heavy (non-hydrogen) atoms. The summed E-state index contributed by atoms with van der Waals surface area (Å²) >= 11 is 0. The summed E-state index contributed by atoms with van der Waals surface area (Å²) in [5, 5.41) is 14.6. The second kappa shape index (κ2) is 12.5. The third-order valence-electron chi connectivity index (χ3n) is 6.52. The number of carbonyl (C=O) groups is 3. The van der Waals surface area contributed by atoms with Gasteiger partial charge in [-0.05, 0) is 90.9 Å². The highest BCUT2D eigenvalue weighted by atomic mass is 16.6. The molecular formula is C34H37N7O5. The fourth-order valence-corrected chi connectivity index (χ4v) is 4.54. The van der Waals surface area contributed by atoms with Crippen LogP contribution in [0.4, 0.5) is 26.8 Å². The number of nitrogens with one attached hydrogen (secondary N) is 3. The molecule has 0 fully saturated rings. The van der Waals surface area contributed by atoms with Crippen LogP contribution in [-0.4, -0.2) is 55.1 Å². The molecule has 5 rings (SSSR count). The number of aromatic nitrogens is 4. The third kappa shape index (κ3) is 7.76. The predicted octanol–water partition coefficient (Wildman–Crippen LogP) is 7.03. The molecule has 2 amide bonds. The SMILES string of the molecule is C[C@H](NC(=O)OC(C)(C)C)C(=O)Nc1cccc(-c2nc(Nc3ccc4c(cnn4C(=O)OC(C)(C)C)c3)c3ccccc3n2)c1. The summed E-state index contributed by atoms with van der Waals surface area (Å²) in [5.41, 5.74) is 1.93. The first-order valence-electron chi connectivity index (χ1n) is 14.8. The van der Waals surface area contributed by atoms with Crippen molar-refractivity contribution in [2.45, 2.75) is 65.7 Å². The van der Waals surface area contributed by atoms with Crippen molar-refractivity contribution in [2.24, 2.45) is 0 Å². The topological polar surface area (TPSA) is 149 Å². The van der Waals surface area contributed by atoms with Crippen molar-refractivity contribution < 1.29 is 23.9 Å². The lowest BCUT2D eigenvalue weighted by Gasteiger charge is -2.21. The second-order valence-corrected chi connectivity index (χ2v) is 12.8. The van der Waals surface area contributed by atoms with Gasteiger partial charge < -0.3 is 25.4 Å². The summed E-state index contributed by atoms with van der Waals surface area (Å²) in [6.07, 6.45) is 0.379. The van der Waals surface area contributed by atoms with Gasteiger partial charge in [0.25, 0.3) is 0 Å². The molecular weight excluding hydrogens is 586 g/mol. The summed E-state index contributed by atoms with van der Waals surface area (Å²) < 4.78 is 12.0. The molecule has 0 aliphatic heterocycles. The normalized spacial score (nSPS) is 12.4. The number of benzene rings is 3. The molecule has 0 spiro atoms. The average Bonchev–Trinajstić information content (AvgIpc) is 3.39. The van der Waals surface area contributed by atoms with Crippen molar-refractivity contribution in [3.05, 3.63) is 72.9 Å². The number of amides is 2. The molecule has 2 heterocycles. The second-order valence-electron chi connectivity index (χ2n) is 12.8. The maximum atomic E-state index is 12.8. The fraction of sp³-hybridized carbons (Fsp3) is 0.294. The number of hydrogen-bond donors (Lipinski definition) is 3. The Morgan fingerprint density at radius 1 is 0.826 bits per heavy atom. The minimum Gasteiger partial charge on any atom is -0.444 e. The van der Waals surface area contributed by atoms with Crippen molar-refractivity contribution >= 4 is 57.1 Å². The Hall–Kier alpha value is -5.52. The number of nitrogens with zero attached hydrogens (tertiary/aromatic N) is 4. The predicted molar refractivity (Wildman–Crippen MR) is 177 cm³/mol. The van der Waals surface area contributed by atoms with Gasteiger partial charge in [-0.2, -0.15) is 9.78 Å². The summed E-state index contributed by atoms with van der Waals surface area (Å²) in [4.78, 5) is 47.2. The van der Waals surface area contributed by atoms with Crippen LogP contribution >= 0.6 is 0 Å². The summed E-state index contributed by atoms with van der Waals surface area (Å²) in [6, 6.07) is 19.5. The fourth-order valence-electron chi connectivity index (χ4n) is 4.54. The van der Waals surface area contributed by atoms with Crippen molar-refractivity contribution in [3.8, 4) is 11.4 Å². The molecule has 238 valence electrons. The van der Waals surface area contributed by atoms with E-state index in [1.807, 2.05) is 42.5 Å². The first kappa shape index (κ1) is 31.9. The van der Waals surface area contributed by atoms with E-state index in [0.29, 0.717) is 28.4 Å². The number of carbonyl (C=O) groups excluding carboxylic acids is 3. The van der Waals surface area contributed by atoms with Gasteiger partial charge in [-0.15, -0.1) is 0 Å². The van der Waals surface area contributed by atoms with Gasteiger partial charge in [-0.1, -0.05) is 24.3 Å². The quantitative estimate of drug-likeness (QED) is 0.181.